The first-order valence-corrected chi connectivity index (χ1v) is 7.70. The molecule has 0 bridgehead atoms. The second-order valence-electron chi connectivity index (χ2n) is 5.85. The van der Waals surface area contributed by atoms with Crippen LogP contribution >= 0.6 is 0 Å². The highest BCUT2D eigenvalue weighted by Crippen LogP contribution is 2.28. The van der Waals surface area contributed by atoms with Crippen molar-refractivity contribution in [1.82, 2.24) is 20.2 Å². The Morgan fingerprint density at radius 3 is 2.96 bits per heavy atom. The summed E-state index contributed by atoms with van der Waals surface area (Å²) in [5.41, 5.74) is 4.14. The molecule has 1 aromatic carbocycles. The fourth-order valence-electron chi connectivity index (χ4n) is 2.42. The van der Waals surface area contributed by atoms with E-state index in [0.29, 0.717) is 12.5 Å². The van der Waals surface area contributed by atoms with Crippen LogP contribution in [0.1, 0.15) is 29.7 Å². The Hall–Kier alpha value is -2.87. The molecule has 0 unspecified atom stereocenters. The predicted molar refractivity (Wildman–Crippen MR) is 85.4 cm³/mol. The molecular weight excluding hydrogens is 288 g/mol. The van der Waals surface area contributed by atoms with Gasteiger partial charge in [0.15, 0.2) is 5.76 Å². The molecular formula is C18H16N4O. The first-order valence-electron chi connectivity index (χ1n) is 7.70. The van der Waals surface area contributed by atoms with Gasteiger partial charge in [-0.25, -0.2) is 4.68 Å². The summed E-state index contributed by atoms with van der Waals surface area (Å²) in [5.74, 6) is 7.91. The summed E-state index contributed by atoms with van der Waals surface area (Å²) in [4.78, 5) is 0. The lowest BCUT2D eigenvalue weighted by atomic mass is 10.0. The molecule has 0 spiro atoms. The van der Waals surface area contributed by atoms with Crippen LogP contribution in [-0.2, 0) is 6.54 Å². The van der Waals surface area contributed by atoms with Crippen molar-refractivity contribution in [2.24, 2.45) is 5.92 Å². The third kappa shape index (κ3) is 3.16. The van der Waals surface area contributed by atoms with Gasteiger partial charge in [-0.3, -0.25) is 0 Å². The van der Waals surface area contributed by atoms with Gasteiger partial charge in [0, 0.05) is 23.1 Å². The maximum absolute atomic E-state index is 5.09. The van der Waals surface area contributed by atoms with Gasteiger partial charge in [-0.15, -0.1) is 5.10 Å². The topological polar surface area (TPSA) is 56.7 Å². The Morgan fingerprint density at radius 1 is 1.30 bits per heavy atom. The monoisotopic (exact) mass is 304 g/mol. The van der Waals surface area contributed by atoms with E-state index in [1.54, 1.807) is 10.9 Å². The van der Waals surface area contributed by atoms with E-state index in [4.69, 9.17) is 4.52 Å². The van der Waals surface area contributed by atoms with E-state index in [0.717, 1.165) is 28.1 Å². The molecule has 23 heavy (non-hydrogen) atoms. The largest absolute Gasteiger partial charge is 0.359 e. The average molecular weight is 304 g/mol. The molecule has 5 heteroatoms. The summed E-state index contributed by atoms with van der Waals surface area (Å²) in [6.45, 7) is 2.60. The zero-order valence-corrected chi connectivity index (χ0v) is 12.9. The number of benzene rings is 1. The van der Waals surface area contributed by atoms with Crippen molar-refractivity contribution in [3.8, 4) is 23.1 Å². The van der Waals surface area contributed by atoms with Gasteiger partial charge < -0.3 is 4.52 Å². The van der Waals surface area contributed by atoms with E-state index in [1.807, 2.05) is 18.3 Å². The zero-order valence-electron chi connectivity index (χ0n) is 12.9. The number of nitrogens with zero attached hydrogens (tertiary/aromatic N) is 4. The van der Waals surface area contributed by atoms with Gasteiger partial charge in [0.2, 0.25) is 0 Å². The van der Waals surface area contributed by atoms with Crippen LogP contribution in [0.3, 0.4) is 0 Å². The Bertz CT molecular complexity index is 879. The highest BCUT2D eigenvalue weighted by Gasteiger charge is 2.17. The molecule has 114 valence electrons. The summed E-state index contributed by atoms with van der Waals surface area (Å²) >= 11 is 0. The van der Waals surface area contributed by atoms with Crippen LogP contribution in [0, 0.1) is 24.7 Å². The smallest absolute Gasteiger partial charge is 0.158 e. The van der Waals surface area contributed by atoms with Crippen molar-refractivity contribution >= 4 is 0 Å². The molecule has 5 nitrogen and oxygen atoms in total. The minimum absolute atomic E-state index is 0.525. The molecule has 1 saturated carbocycles. The van der Waals surface area contributed by atoms with Crippen molar-refractivity contribution in [1.29, 1.82) is 0 Å². The molecule has 4 rings (SSSR count). The quantitative estimate of drug-likeness (QED) is 0.698. The molecule has 0 N–H and O–H groups in total. The van der Waals surface area contributed by atoms with E-state index < -0.39 is 0 Å². The Kier molecular flexibility index (Phi) is 3.43. The van der Waals surface area contributed by atoms with E-state index in [-0.39, 0.29) is 0 Å². The summed E-state index contributed by atoms with van der Waals surface area (Å²) in [6, 6.07) is 8.04. The van der Waals surface area contributed by atoms with E-state index >= 15 is 0 Å². The first-order chi connectivity index (χ1) is 11.3. The Balaban J connectivity index is 1.55. The van der Waals surface area contributed by atoms with Gasteiger partial charge in [0.05, 0.1) is 12.4 Å². The molecule has 1 fully saturated rings. The highest BCUT2D eigenvalue weighted by atomic mass is 16.5. The van der Waals surface area contributed by atoms with Gasteiger partial charge in [0.25, 0.3) is 0 Å². The van der Waals surface area contributed by atoms with Gasteiger partial charge >= 0.3 is 0 Å². The number of hydrogen-bond acceptors (Lipinski definition) is 4. The van der Waals surface area contributed by atoms with E-state index in [9.17, 15) is 0 Å². The molecule has 3 aromatic rings. The SMILES string of the molecule is Cc1cc(C#CC2CC2)ccc1-c1cn(Cc2ccno2)nn1. The highest BCUT2D eigenvalue weighted by molar-refractivity contribution is 5.64. The van der Waals surface area contributed by atoms with Gasteiger partial charge in [-0.05, 0) is 37.5 Å². The van der Waals surface area contributed by atoms with Crippen LogP contribution < -0.4 is 0 Å². The maximum Gasteiger partial charge on any atom is 0.158 e. The van der Waals surface area contributed by atoms with Crippen molar-refractivity contribution in [2.45, 2.75) is 26.3 Å². The summed E-state index contributed by atoms with van der Waals surface area (Å²) in [7, 11) is 0. The van der Waals surface area contributed by atoms with Crippen LogP contribution in [0.5, 0.6) is 0 Å². The molecule has 0 amide bonds. The van der Waals surface area contributed by atoms with Crippen molar-refractivity contribution in [2.75, 3.05) is 0 Å². The number of hydrogen-bond donors (Lipinski definition) is 0. The minimum Gasteiger partial charge on any atom is -0.359 e. The fourth-order valence-corrected chi connectivity index (χ4v) is 2.42. The minimum atomic E-state index is 0.525. The standard InChI is InChI=1S/C18H16N4O/c1-13-10-15(5-4-14-2-3-14)6-7-17(13)18-12-22(21-20-18)11-16-8-9-19-23-16/h6-10,12,14H,2-3,11H2,1H3. The molecule has 0 radical (unpaired) electrons. The second kappa shape index (κ2) is 5.73. The molecule has 1 aliphatic rings. The summed E-state index contributed by atoms with van der Waals surface area (Å²) in [6.07, 6.45) is 6.04. The molecule has 1 aliphatic carbocycles. The normalized spacial score (nSPS) is 13.6. The van der Waals surface area contributed by atoms with E-state index in [2.05, 4.69) is 46.4 Å². The van der Waals surface area contributed by atoms with Gasteiger partial charge in [-0.1, -0.05) is 28.3 Å². The lowest BCUT2D eigenvalue weighted by Gasteiger charge is -2.02. The summed E-state index contributed by atoms with van der Waals surface area (Å²) < 4.78 is 6.84. The van der Waals surface area contributed by atoms with Gasteiger partial charge in [0.1, 0.15) is 12.2 Å². The first kappa shape index (κ1) is 13.8. The van der Waals surface area contributed by atoms with Crippen LogP contribution in [0.4, 0.5) is 0 Å². The predicted octanol–water partition coefficient (Wildman–Crippen LogP) is 3.05. The van der Waals surface area contributed by atoms with Crippen LogP contribution in [0.25, 0.3) is 11.3 Å². The van der Waals surface area contributed by atoms with Crippen molar-refractivity contribution in [3.63, 3.8) is 0 Å². The number of aryl methyl sites for hydroxylation is 1. The third-order valence-corrected chi connectivity index (χ3v) is 3.85. The number of aromatic nitrogens is 4. The third-order valence-electron chi connectivity index (χ3n) is 3.85. The molecule has 2 aromatic heterocycles. The van der Waals surface area contributed by atoms with Crippen LogP contribution in [0.2, 0.25) is 0 Å². The maximum atomic E-state index is 5.09. The van der Waals surface area contributed by atoms with E-state index in [1.165, 1.54) is 12.8 Å². The lowest BCUT2D eigenvalue weighted by Crippen LogP contribution is -1.98. The van der Waals surface area contributed by atoms with Gasteiger partial charge in [-0.2, -0.15) is 0 Å². The van der Waals surface area contributed by atoms with Crippen molar-refractivity contribution < 1.29 is 4.52 Å². The van der Waals surface area contributed by atoms with Crippen molar-refractivity contribution in [3.05, 3.63) is 53.5 Å². The molecule has 2 heterocycles. The molecule has 0 aliphatic heterocycles. The lowest BCUT2D eigenvalue weighted by molar-refractivity contribution is 0.370. The summed E-state index contributed by atoms with van der Waals surface area (Å²) in [5, 5.41) is 12.1. The molecule has 0 saturated heterocycles. The number of rotatable bonds is 3. The zero-order chi connectivity index (χ0) is 15.6. The van der Waals surface area contributed by atoms with Crippen LogP contribution in [0.15, 0.2) is 41.2 Å². The fraction of sp³-hybridized carbons (Fsp3) is 0.278. The average Bonchev–Trinajstić information content (AvgIpc) is 3.03. The molecule has 0 atom stereocenters. The Labute approximate surface area is 134 Å². The second-order valence-corrected chi connectivity index (χ2v) is 5.85. The van der Waals surface area contributed by atoms with Crippen LogP contribution in [-0.4, -0.2) is 20.2 Å². The Morgan fingerprint density at radius 2 is 2.22 bits per heavy atom.